The van der Waals surface area contributed by atoms with Crippen LogP contribution in [0.4, 0.5) is 11.5 Å². The van der Waals surface area contributed by atoms with E-state index in [0.717, 1.165) is 10.9 Å². The Labute approximate surface area is 119 Å². The number of rotatable bonds is 3. The van der Waals surface area contributed by atoms with Crippen molar-refractivity contribution >= 4 is 22.4 Å². The second kappa shape index (κ2) is 5.12. The van der Waals surface area contributed by atoms with E-state index in [1.165, 1.54) is 6.33 Å². The molecule has 0 saturated heterocycles. The Morgan fingerprint density at radius 3 is 2.76 bits per heavy atom. The van der Waals surface area contributed by atoms with Crippen LogP contribution in [0.15, 0.2) is 42.9 Å². The molecule has 0 unspecified atom stereocenters. The van der Waals surface area contributed by atoms with Crippen LogP contribution in [-0.4, -0.2) is 26.9 Å². The Bertz CT molecular complexity index is 829. The highest BCUT2D eigenvalue weighted by Gasteiger charge is 2.24. The van der Waals surface area contributed by atoms with E-state index in [-0.39, 0.29) is 17.2 Å². The molecule has 0 bridgehead atoms. The lowest BCUT2D eigenvalue weighted by Gasteiger charge is -2.08. The summed E-state index contributed by atoms with van der Waals surface area (Å²) >= 11 is 0. The third kappa shape index (κ3) is 2.14. The summed E-state index contributed by atoms with van der Waals surface area (Å²) in [5, 5.41) is 14.9. The number of anilines is 1. The summed E-state index contributed by atoms with van der Waals surface area (Å²) in [5.41, 5.74) is 1.55. The van der Waals surface area contributed by atoms with Crippen molar-refractivity contribution in [1.29, 1.82) is 0 Å². The normalized spacial score (nSPS) is 10.5. The molecule has 2 aromatic heterocycles. The maximum atomic E-state index is 11.4. The van der Waals surface area contributed by atoms with Crippen molar-refractivity contribution in [2.45, 2.75) is 0 Å². The van der Waals surface area contributed by atoms with Gasteiger partial charge in [0.2, 0.25) is 5.82 Å². The molecule has 2 heterocycles. The minimum atomic E-state index is -0.476. The molecule has 7 nitrogen and oxygen atoms in total. The largest absolute Gasteiger partial charge is 0.367 e. The van der Waals surface area contributed by atoms with Gasteiger partial charge in [-0.05, 0) is 12.1 Å². The zero-order chi connectivity index (χ0) is 14.8. The summed E-state index contributed by atoms with van der Waals surface area (Å²) < 4.78 is 0. The fraction of sp³-hybridized carbons (Fsp3) is 0.0714. The molecule has 0 aliphatic carbocycles. The van der Waals surface area contributed by atoms with Crippen LogP contribution in [0.25, 0.3) is 22.2 Å². The van der Waals surface area contributed by atoms with Gasteiger partial charge in [0.05, 0.1) is 10.4 Å². The molecule has 3 aromatic rings. The van der Waals surface area contributed by atoms with Gasteiger partial charge in [0.15, 0.2) is 5.69 Å². The number of aromatic nitrogens is 3. The second-order valence-electron chi connectivity index (χ2n) is 4.30. The summed E-state index contributed by atoms with van der Waals surface area (Å²) in [6.07, 6.45) is 2.99. The average molecular weight is 281 g/mol. The van der Waals surface area contributed by atoms with Gasteiger partial charge in [0.25, 0.3) is 0 Å². The summed E-state index contributed by atoms with van der Waals surface area (Å²) in [7, 11) is 1.59. The second-order valence-corrected chi connectivity index (χ2v) is 4.30. The molecule has 21 heavy (non-hydrogen) atoms. The maximum Gasteiger partial charge on any atom is 0.337 e. The predicted octanol–water partition coefficient (Wildman–Crippen LogP) is 2.64. The highest BCUT2D eigenvalue weighted by molar-refractivity contribution is 5.96. The van der Waals surface area contributed by atoms with E-state index in [1.807, 2.05) is 12.1 Å². The van der Waals surface area contributed by atoms with Crippen LogP contribution in [0, 0.1) is 10.1 Å². The van der Waals surface area contributed by atoms with E-state index in [1.54, 1.807) is 31.4 Å². The Hall–Kier alpha value is -3.09. The average Bonchev–Trinajstić information content (AvgIpc) is 2.53. The molecule has 104 valence electrons. The van der Waals surface area contributed by atoms with E-state index in [4.69, 9.17) is 0 Å². The summed E-state index contributed by atoms with van der Waals surface area (Å²) in [6, 6.07) is 9.10. The Morgan fingerprint density at radius 2 is 2.00 bits per heavy atom. The van der Waals surface area contributed by atoms with Gasteiger partial charge in [-0.15, -0.1) is 0 Å². The third-order valence-corrected chi connectivity index (χ3v) is 3.14. The van der Waals surface area contributed by atoms with E-state index in [2.05, 4.69) is 20.3 Å². The van der Waals surface area contributed by atoms with E-state index in [9.17, 15) is 10.1 Å². The molecule has 1 aromatic carbocycles. The first-order chi connectivity index (χ1) is 10.2. The van der Waals surface area contributed by atoms with Crippen LogP contribution < -0.4 is 5.32 Å². The monoisotopic (exact) mass is 281 g/mol. The predicted molar refractivity (Wildman–Crippen MR) is 79.0 cm³/mol. The van der Waals surface area contributed by atoms with Gasteiger partial charge in [-0.25, -0.2) is 9.97 Å². The number of hydrogen-bond acceptors (Lipinski definition) is 6. The Kier molecular flexibility index (Phi) is 3.15. The van der Waals surface area contributed by atoms with Crippen LogP contribution in [0.5, 0.6) is 0 Å². The van der Waals surface area contributed by atoms with E-state index in [0.29, 0.717) is 5.56 Å². The number of hydrogen-bond donors (Lipinski definition) is 1. The van der Waals surface area contributed by atoms with Crippen molar-refractivity contribution in [3.8, 4) is 11.3 Å². The van der Waals surface area contributed by atoms with Gasteiger partial charge in [0.1, 0.15) is 6.33 Å². The summed E-state index contributed by atoms with van der Waals surface area (Å²) in [4.78, 5) is 23.2. The first kappa shape index (κ1) is 12.9. The third-order valence-electron chi connectivity index (χ3n) is 3.14. The number of fused-ring (bicyclic) bond motifs is 1. The lowest BCUT2D eigenvalue weighted by molar-refractivity contribution is -0.383. The van der Waals surface area contributed by atoms with Crippen molar-refractivity contribution in [2.24, 2.45) is 0 Å². The minimum Gasteiger partial charge on any atom is -0.367 e. The van der Waals surface area contributed by atoms with Crippen LogP contribution in [0.3, 0.4) is 0 Å². The molecule has 0 amide bonds. The summed E-state index contributed by atoms with van der Waals surface area (Å²) in [6.45, 7) is 0. The first-order valence-corrected chi connectivity index (χ1v) is 6.23. The molecule has 3 rings (SSSR count). The Morgan fingerprint density at radius 1 is 1.14 bits per heavy atom. The van der Waals surface area contributed by atoms with Crippen LogP contribution in [0.1, 0.15) is 0 Å². The quantitative estimate of drug-likeness (QED) is 0.586. The molecule has 0 aliphatic rings. The van der Waals surface area contributed by atoms with Gasteiger partial charge in [0, 0.05) is 24.2 Å². The molecule has 0 spiro atoms. The van der Waals surface area contributed by atoms with Crippen LogP contribution in [-0.2, 0) is 0 Å². The maximum absolute atomic E-state index is 11.4. The topological polar surface area (TPSA) is 93.8 Å². The van der Waals surface area contributed by atoms with Crippen molar-refractivity contribution in [2.75, 3.05) is 12.4 Å². The molecule has 0 atom stereocenters. The molecule has 1 N–H and O–H groups in total. The van der Waals surface area contributed by atoms with Gasteiger partial charge < -0.3 is 5.32 Å². The smallest absolute Gasteiger partial charge is 0.337 e. The molecular formula is C14H11N5O2. The lowest BCUT2D eigenvalue weighted by atomic mass is 10.0. The number of nitro groups is 1. The zero-order valence-electron chi connectivity index (χ0n) is 11.1. The fourth-order valence-corrected chi connectivity index (χ4v) is 2.24. The summed E-state index contributed by atoms with van der Waals surface area (Å²) in [5.74, 6) is 0.186. The highest BCUT2D eigenvalue weighted by Crippen LogP contribution is 2.35. The number of pyridine rings is 1. The molecular weight excluding hydrogens is 270 g/mol. The highest BCUT2D eigenvalue weighted by atomic mass is 16.6. The fourth-order valence-electron chi connectivity index (χ4n) is 2.24. The molecule has 0 aliphatic heterocycles. The van der Waals surface area contributed by atoms with Gasteiger partial charge in [-0.2, -0.15) is 0 Å². The molecule has 7 heteroatoms. The lowest BCUT2D eigenvalue weighted by Crippen LogP contribution is -2.03. The van der Waals surface area contributed by atoms with Crippen LogP contribution in [0.2, 0.25) is 0 Å². The Balaban J connectivity index is 2.36. The number of nitrogens with one attached hydrogen (secondary N) is 1. The van der Waals surface area contributed by atoms with Crippen LogP contribution >= 0.6 is 0 Å². The van der Waals surface area contributed by atoms with Gasteiger partial charge in [-0.3, -0.25) is 15.1 Å². The van der Waals surface area contributed by atoms with Crippen molar-refractivity contribution in [1.82, 2.24) is 15.0 Å². The van der Waals surface area contributed by atoms with Crippen molar-refractivity contribution in [3.05, 3.63) is 53.0 Å². The van der Waals surface area contributed by atoms with E-state index >= 15 is 0 Å². The standard InChI is InChI=1S/C14H11N5O2/c1-15-14-13(19(20)21)12(17-8-18-14)10-4-2-6-11-9(10)5-3-7-16-11/h2-8H,1H3,(H,15,17,18). The van der Waals surface area contributed by atoms with Gasteiger partial charge in [-0.1, -0.05) is 18.2 Å². The van der Waals surface area contributed by atoms with Gasteiger partial charge >= 0.3 is 5.69 Å². The van der Waals surface area contributed by atoms with Crippen molar-refractivity contribution in [3.63, 3.8) is 0 Å². The molecule has 0 radical (unpaired) electrons. The number of benzene rings is 1. The molecule has 0 saturated carbocycles. The SMILES string of the molecule is CNc1ncnc(-c2cccc3ncccc23)c1[N+](=O)[O-]. The van der Waals surface area contributed by atoms with Crippen molar-refractivity contribution < 1.29 is 4.92 Å². The zero-order valence-corrected chi connectivity index (χ0v) is 11.1. The number of nitrogens with zero attached hydrogens (tertiary/aromatic N) is 4. The first-order valence-electron chi connectivity index (χ1n) is 6.23. The minimum absolute atomic E-state index is 0.142. The molecule has 0 fully saturated rings. The van der Waals surface area contributed by atoms with E-state index < -0.39 is 4.92 Å².